The first-order valence-electron chi connectivity index (χ1n) is 9.45. The van der Waals surface area contributed by atoms with Gasteiger partial charge in [-0.3, -0.25) is 28.0 Å². The van der Waals surface area contributed by atoms with Crippen LogP contribution in [0.5, 0.6) is 0 Å². The fourth-order valence-electron chi connectivity index (χ4n) is 2.84. The van der Waals surface area contributed by atoms with Gasteiger partial charge >= 0.3 is 21.1 Å². The molecule has 3 N–H and O–H groups in total. The number of aliphatic hydroxyl groups is 2. The number of aromatic nitrogens is 2. The van der Waals surface area contributed by atoms with Gasteiger partial charge in [0.05, 0.1) is 12.8 Å². The highest BCUT2D eigenvalue weighted by Gasteiger charge is 2.46. The average molecular weight is 508 g/mol. The Morgan fingerprint density at radius 2 is 1.94 bits per heavy atom. The molecule has 1 aliphatic rings. The van der Waals surface area contributed by atoms with E-state index in [0.29, 0.717) is 5.57 Å². The summed E-state index contributed by atoms with van der Waals surface area (Å²) >= 11 is 0. The Morgan fingerprint density at radius 1 is 1.24 bits per heavy atom. The largest absolute Gasteiger partial charge is 0.481 e. The van der Waals surface area contributed by atoms with Crippen molar-refractivity contribution in [1.29, 1.82) is 0 Å². The lowest BCUT2D eigenvalue weighted by atomic mass is 10.1. The standard InChI is InChI=1S/C18H26N2O11P2/c1-5-7-12(6-2)11-32(25,27-3)31-33(26,28-4)29-10-13-15(22)16(23)17(30-13)20-9-8-14(21)19-18(20)24/h5-9,13,15-17,22-23H,1-2,10-11H2,3-4H3,(H,19,21,24)/b12-7+. The van der Waals surface area contributed by atoms with Gasteiger partial charge in [0.15, 0.2) is 6.23 Å². The fraction of sp³-hybridized carbons (Fsp3) is 0.444. The lowest BCUT2D eigenvalue weighted by molar-refractivity contribution is -0.0545. The SMILES string of the molecule is C=C/C=C(\C=C)CP(=O)(OC)OP(=O)(OC)OCC1OC(n2ccc(=O)[nH]c2=O)C(O)C1O. The molecule has 0 bridgehead atoms. The molecule has 2 rings (SSSR count). The van der Waals surface area contributed by atoms with Gasteiger partial charge in [0.1, 0.15) is 18.3 Å². The summed E-state index contributed by atoms with van der Waals surface area (Å²) in [5.74, 6) is 0. The van der Waals surface area contributed by atoms with Crippen LogP contribution >= 0.6 is 15.4 Å². The Hall–Kier alpha value is -1.92. The van der Waals surface area contributed by atoms with Crippen LogP contribution < -0.4 is 11.2 Å². The Morgan fingerprint density at radius 3 is 2.48 bits per heavy atom. The molecule has 0 spiro atoms. The molecule has 1 aliphatic heterocycles. The maximum absolute atomic E-state index is 12.9. The normalized spacial score (nSPS) is 27.0. The van der Waals surface area contributed by atoms with E-state index in [-0.39, 0.29) is 6.16 Å². The molecule has 1 fully saturated rings. The second-order valence-corrected chi connectivity index (χ2v) is 10.8. The predicted molar refractivity (Wildman–Crippen MR) is 117 cm³/mol. The molecule has 15 heteroatoms. The predicted octanol–water partition coefficient (Wildman–Crippen LogP) is 1.08. The number of nitrogens with one attached hydrogen (secondary N) is 1. The Bertz CT molecular complexity index is 1100. The summed E-state index contributed by atoms with van der Waals surface area (Å²) in [6, 6.07) is 1.03. The maximum Gasteiger partial charge on any atom is 0.481 e. The van der Waals surface area contributed by atoms with Gasteiger partial charge in [0.25, 0.3) is 5.56 Å². The molecule has 33 heavy (non-hydrogen) atoms. The van der Waals surface area contributed by atoms with Crippen LogP contribution in [-0.4, -0.2) is 65.1 Å². The lowest BCUT2D eigenvalue weighted by Gasteiger charge is -2.23. The lowest BCUT2D eigenvalue weighted by Crippen LogP contribution is -2.37. The highest BCUT2D eigenvalue weighted by molar-refractivity contribution is 7.65. The number of hydrogen-bond donors (Lipinski definition) is 3. The number of hydrogen-bond acceptors (Lipinski definition) is 11. The van der Waals surface area contributed by atoms with Crippen molar-refractivity contribution in [2.45, 2.75) is 24.5 Å². The quantitative estimate of drug-likeness (QED) is 0.272. The van der Waals surface area contributed by atoms with Crippen molar-refractivity contribution in [3.8, 4) is 0 Å². The molecule has 13 nitrogen and oxygen atoms in total. The van der Waals surface area contributed by atoms with Crippen molar-refractivity contribution < 1.29 is 42.0 Å². The van der Waals surface area contributed by atoms with Crippen LogP contribution in [0.25, 0.3) is 0 Å². The molecular formula is C18H26N2O11P2. The molecule has 0 aromatic carbocycles. The number of allylic oxidation sites excluding steroid dienone is 4. The van der Waals surface area contributed by atoms with E-state index in [9.17, 15) is 28.9 Å². The van der Waals surface area contributed by atoms with Crippen LogP contribution in [0.1, 0.15) is 6.23 Å². The fourth-order valence-corrected chi connectivity index (χ4v) is 6.26. The van der Waals surface area contributed by atoms with Gasteiger partial charge < -0.3 is 19.5 Å². The molecule has 6 unspecified atom stereocenters. The molecule has 0 saturated carbocycles. The van der Waals surface area contributed by atoms with Crippen LogP contribution in [0.2, 0.25) is 0 Å². The monoisotopic (exact) mass is 508 g/mol. The number of aliphatic hydroxyl groups excluding tert-OH is 2. The van der Waals surface area contributed by atoms with Crippen molar-refractivity contribution in [2.75, 3.05) is 27.0 Å². The Kier molecular flexibility index (Phi) is 9.50. The van der Waals surface area contributed by atoms with Crippen LogP contribution in [0.3, 0.4) is 0 Å². The topological polar surface area (TPSA) is 176 Å². The zero-order chi connectivity index (χ0) is 24.8. The zero-order valence-corrected chi connectivity index (χ0v) is 19.7. The smallest absolute Gasteiger partial charge is 0.387 e. The third-order valence-electron chi connectivity index (χ3n) is 4.56. The van der Waals surface area contributed by atoms with Crippen LogP contribution in [0.4, 0.5) is 0 Å². The van der Waals surface area contributed by atoms with Gasteiger partial charge in [0.2, 0.25) is 0 Å². The number of phosphoric acid groups is 1. The minimum Gasteiger partial charge on any atom is -0.387 e. The number of aromatic amines is 1. The third kappa shape index (κ3) is 6.80. The molecule has 2 heterocycles. The molecule has 184 valence electrons. The van der Waals surface area contributed by atoms with Crippen molar-refractivity contribution in [3.05, 3.63) is 70.1 Å². The summed E-state index contributed by atoms with van der Waals surface area (Å²) in [6.07, 6.45) is -0.733. The molecule has 0 radical (unpaired) electrons. The number of rotatable bonds is 12. The summed E-state index contributed by atoms with van der Waals surface area (Å²) in [5.41, 5.74) is -1.12. The first-order valence-corrected chi connectivity index (χ1v) is 12.6. The molecule has 1 aromatic heterocycles. The van der Waals surface area contributed by atoms with E-state index < -0.39 is 57.8 Å². The van der Waals surface area contributed by atoms with E-state index in [0.717, 1.165) is 31.0 Å². The van der Waals surface area contributed by atoms with E-state index in [4.69, 9.17) is 22.6 Å². The van der Waals surface area contributed by atoms with Gasteiger partial charge in [-0.05, 0) is 5.57 Å². The molecule has 1 aromatic rings. The summed E-state index contributed by atoms with van der Waals surface area (Å²) in [5, 5.41) is 20.5. The van der Waals surface area contributed by atoms with E-state index in [1.54, 1.807) is 0 Å². The summed E-state index contributed by atoms with van der Waals surface area (Å²) < 4.78 is 52.1. The molecule has 1 saturated heterocycles. The van der Waals surface area contributed by atoms with Gasteiger partial charge in [-0.15, -0.1) is 0 Å². The van der Waals surface area contributed by atoms with E-state index in [2.05, 4.69) is 13.2 Å². The third-order valence-corrected chi connectivity index (χ3v) is 8.57. The maximum atomic E-state index is 12.9. The minimum atomic E-state index is -4.49. The number of nitrogens with zero attached hydrogens (tertiary/aromatic N) is 1. The van der Waals surface area contributed by atoms with Crippen molar-refractivity contribution in [1.82, 2.24) is 9.55 Å². The second-order valence-electron chi connectivity index (χ2n) is 6.70. The highest BCUT2D eigenvalue weighted by Crippen LogP contribution is 2.65. The molecule has 0 amide bonds. The summed E-state index contributed by atoms with van der Waals surface area (Å²) in [6.45, 7) is 6.45. The van der Waals surface area contributed by atoms with Gasteiger partial charge in [-0.25, -0.2) is 13.7 Å². The first kappa shape index (κ1) is 27.3. The number of H-pyrrole nitrogens is 1. The van der Waals surface area contributed by atoms with E-state index in [1.165, 1.54) is 18.2 Å². The number of ether oxygens (including phenoxy) is 1. The van der Waals surface area contributed by atoms with Crippen molar-refractivity contribution in [3.63, 3.8) is 0 Å². The first-order chi connectivity index (χ1) is 15.5. The minimum absolute atomic E-state index is 0.311. The highest BCUT2D eigenvalue weighted by atomic mass is 31.3. The van der Waals surface area contributed by atoms with Crippen molar-refractivity contribution in [2.24, 2.45) is 0 Å². The molecule has 6 atom stereocenters. The van der Waals surface area contributed by atoms with Crippen LogP contribution in [-0.2, 0) is 31.7 Å². The van der Waals surface area contributed by atoms with Gasteiger partial charge in [0, 0.05) is 26.5 Å². The van der Waals surface area contributed by atoms with E-state index in [1.807, 2.05) is 4.98 Å². The van der Waals surface area contributed by atoms with E-state index >= 15 is 0 Å². The number of phosphoric ester groups is 1. The molecule has 0 aliphatic carbocycles. The zero-order valence-electron chi connectivity index (χ0n) is 17.9. The molecular weight excluding hydrogens is 482 g/mol. The summed E-state index contributed by atoms with van der Waals surface area (Å²) in [7, 11) is -6.46. The second kappa shape index (κ2) is 11.5. The van der Waals surface area contributed by atoms with Crippen LogP contribution in [0, 0.1) is 0 Å². The Balaban J connectivity index is 2.14. The summed E-state index contributed by atoms with van der Waals surface area (Å²) in [4.78, 5) is 25.2. The van der Waals surface area contributed by atoms with Crippen molar-refractivity contribution >= 4 is 15.4 Å². The van der Waals surface area contributed by atoms with Gasteiger partial charge in [-0.1, -0.05) is 31.4 Å². The Labute approximate surface area is 189 Å². The van der Waals surface area contributed by atoms with Crippen LogP contribution in [0.15, 0.2) is 58.8 Å². The van der Waals surface area contributed by atoms with Gasteiger partial charge in [-0.2, -0.15) is 0 Å². The average Bonchev–Trinajstić information content (AvgIpc) is 3.06.